The minimum atomic E-state index is -1.44. The van der Waals surface area contributed by atoms with Gasteiger partial charge in [-0.3, -0.25) is 0 Å². The molecule has 1 unspecified atom stereocenters. The molecule has 0 radical (unpaired) electrons. The molecule has 1 rings (SSSR count). The molecule has 0 heterocycles. The quantitative estimate of drug-likeness (QED) is 0.665. The molecule has 1 aromatic rings. The molecule has 0 aliphatic rings. The van der Waals surface area contributed by atoms with E-state index in [1.54, 1.807) is 26.0 Å². The zero-order valence-corrected chi connectivity index (χ0v) is 13.8. The number of hydrogen-bond acceptors (Lipinski definition) is 5. The topological polar surface area (TPSA) is 84.9 Å². The number of nitrogens with one attached hydrogen (secondary N) is 1. The van der Waals surface area contributed by atoms with Gasteiger partial charge in [0.25, 0.3) is 0 Å². The molecule has 0 aliphatic heterocycles. The maximum absolute atomic E-state index is 12.2. The van der Waals surface area contributed by atoms with Crippen LogP contribution in [0.5, 0.6) is 0 Å². The lowest BCUT2D eigenvalue weighted by atomic mass is 9.89. The van der Waals surface area contributed by atoms with E-state index in [1.807, 2.05) is 19.1 Å². The van der Waals surface area contributed by atoms with Crippen LogP contribution in [0.4, 0.5) is 9.59 Å². The van der Waals surface area contributed by atoms with Crippen molar-refractivity contribution in [3.05, 3.63) is 35.4 Å². The zero-order chi connectivity index (χ0) is 17.5. The third-order valence-corrected chi connectivity index (χ3v) is 3.31. The lowest BCUT2D eigenvalue weighted by molar-refractivity contribution is -0.119. The number of carbonyl (C=O) groups is 3. The Morgan fingerprint density at radius 2 is 1.83 bits per heavy atom. The van der Waals surface area contributed by atoms with Crippen molar-refractivity contribution in [3.63, 3.8) is 0 Å². The summed E-state index contributed by atoms with van der Waals surface area (Å²) in [5.41, 5.74) is 2.21. The summed E-state index contributed by atoms with van der Waals surface area (Å²) in [5, 5.41) is 0.851. The van der Waals surface area contributed by atoms with Crippen LogP contribution in [-0.2, 0) is 19.8 Å². The Bertz CT molecular complexity index is 575. The van der Waals surface area contributed by atoms with Crippen LogP contribution in [0.1, 0.15) is 31.9 Å². The van der Waals surface area contributed by atoms with Gasteiger partial charge in [0, 0.05) is 0 Å². The highest BCUT2D eigenvalue weighted by Gasteiger charge is 2.40. The van der Waals surface area contributed by atoms with E-state index in [2.05, 4.69) is 5.43 Å². The maximum Gasteiger partial charge on any atom is 0.430 e. The van der Waals surface area contributed by atoms with E-state index in [1.165, 1.54) is 6.92 Å². The summed E-state index contributed by atoms with van der Waals surface area (Å²) in [6.07, 6.45) is -1.11. The number of hydrogen-bond donors (Lipinski definition) is 1. The summed E-state index contributed by atoms with van der Waals surface area (Å²) < 4.78 is 9.74. The van der Waals surface area contributed by atoms with E-state index in [9.17, 15) is 14.4 Å². The molecule has 0 aliphatic carbocycles. The van der Waals surface area contributed by atoms with Crippen LogP contribution in [0.2, 0.25) is 0 Å². The molecule has 7 heteroatoms. The molecule has 23 heavy (non-hydrogen) atoms. The van der Waals surface area contributed by atoms with Crippen molar-refractivity contribution in [1.82, 2.24) is 10.4 Å². The molecule has 1 aromatic carbocycles. The van der Waals surface area contributed by atoms with Gasteiger partial charge in [0.2, 0.25) is 0 Å². The molecular weight excluding hydrogens is 300 g/mol. The van der Waals surface area contributed by atoms with Crippen LogP contribution in [-0.4, -0.2) is 36.7 Å². The van der Waals surface area contributed by atoms with E-state index in [0.717, 1.165) is 10.6 Å². The zero-order valence-electron chi connectivity index (χ0n) is 13.8. The number of nitrogens with zero attached hydrogens (tertiary/aromatic N) is 1. The third kappa shape index (κ3) is 4.21. The summed E-state index contributed by atoms with van der Waals surface area (Å²) in [4.78, 5) is 35.8. The molecular formula is C16H22N2O5. The van der Waals surface area contributed by atoms with Gasteiger partial charge in [-0.15, -0.1) is 0 Å². The number of aldehydes is 1. The van der Waals surface area contributed by atoms with Gasteiger partial charge >= 0.3 is 12.2 Å². The Morgan fingerprint density at radius 3 is 2.35 bits per heavy atom. The van der Waals surface area contributed by atoms with Gasteiger partial charge in [-0.25, -0.2) is 15.0 Å². The summed E-state index contributed by atoms with van der Waals surface area (Å²) in [6, 6.07) is 7.09. The number of benzene rings is 1. The fraction of sp³-hybridized carbons (Fsp3) is 0.438. The minimum Gasteiger partial charge on any atom is -0.449 e. The predicted molar refractivity (Wildman–Crippen MR) is 83.6 cm³/mol. The molecule has 1 N–H and O–H groups in total. The lowest BCUT2D eigenvalue weighted by Crippen LogP contribution is -2.58. The normalized spacial score (nSPS) is 12.7. The highest BCUT2D eigenvalue weighted by Crippen LogP contribution is 2.28. The standard InChI is InChI=1S/C16H22N2O5/c1-5-22-14(20)17-18(15(21)23-6-2)16(4,11-19)13-10-8-7-9-12(13)3/h7-11H,5-6H2,1-4H3,(H,17,20). The van der Waals surface area contributed by atoms with Gasteiger partial charge in [-0.2, -0.15) is 5.01 Å². The van der Waals surface area contributed by atoms with Gasteiger partial charge in [0.1, 0.15) is 5.54 Å². The van der Waals surface area contributed by atoms with E-state index in [4.69, 9.17) is 9.47 Å². The fourth-order valence-electron chi connectivity index (χ4n) is 2.17. The van der Waals surface area contributed by atoms with Gasteiger partial charge in [-0.05, 0) is 38.8 Å². The molecule has 2 amide bonds. The Labute approximate surface area is 135 Å². The lowest BCUT2D eigenvalue weighted by Gasteiger charge is -2.36. The Morgan fingerprint density at radius 1 is 1.22 bits per heavy atom. The summed E-state index contributed by atoms with van der Waals surface area (Å²) in [6.45, 7) is 6.82. The molecule has 0 saturated heterocycles. The van der Waals surface area contributed by atoms with E-state index in [-0.39, 0.29) is 13.2 Å². The summed E-state index contributed by atoms with van der Waals surface area (Å²) in [5.74, 6) is 0. The van der Waals surface area contributed by atoms with Crippen molar-refractivity contribution in [2.75, 3.05) is 13.2 Å². The number of aryl methyl sites for hydroxylation is 1. The first-order valence-corrected chi connectivity index (χ1v) is 7.33. The number of hydrazine groups is 1. The van der Waals surface area contributed by atoms with Gasteiger partial charge in [-0.1, -0.05) is 24.3 Å². The SMILES string of the molecule is CCOC(=O)NN(C(=O)OCC)C(C)(C=O)c1ccccc1C. The minimum absolute atomic E-state index is 0.0997. The second kappa shape index (κ2) is 8.17. The van der Waals surface area contributed by atoms with Crippen LogP contribution in [0, 0.1) is 6.92 Å². The van der Waals surface area contributed by atoms with Crippen LogP contribution in [0.3, 0.4) is 0 Å². The van der Waals surface area contributed by atoms with Gasteiger partial charge < -0.3 is 14.3 Å². The van der Waals surface area contributed by atoms with Crippen molar-refractivity contribution >= 4 is 18.5 Å². The van der Waals surface area contributed by atoms with Crippen molar-refractivity contribution in [3.8, 4) is 0 Å². The summed E-state index contributed by atoms with van der Waals surface area (Å²) >= 11 is 0. The summed E-state index contributed by atoms with van der Waals surface area (Å²) in [7, 11) is 0. The van der Waals surface area contributed by atoms with E-state index >= 15 is 0 Å². The molecule has 126 valence electrons. The highest BCUT2D eigenvalue weighted by atomic mass is 16.6. The van der Waals surface area contributed by atoms with E-state index < -0.39 is 17.7 Å². The van der Waals surface area contributed by atoms with Crippen molar-refractivity contribution in [2.24, 2.45) is 0 Å². The Kier molecular flexibility index (Phi) is 6.56. The van der Waals surface area contributed by atoms with Crippen molar-refractivity contribution < 1.29 is 23.9 Å². The smallest absolute Gasteiger partial charge is 0.430 e. The predicted octanol–water partition coefficient (Wildman–Crippen LogP) is 2.53. The van der Waals surface area contributed by atoms with Gasteiger partial charge in [0.05, 0.1) is 13.2 Å². The molecule has 0 aromatic heterocycles. The van der Waals surface area contributed by atoms with Crippen LogP contribution >= 0.6 is 0 Å². The van der Waals surface area contributed by atoms with Crippen LogP contribution in [0.25, 0.3) is 0 Å². The molecule has 0 spiro atoms. The first-order valence-electron chi connectivity index (χ1n) is 7.33. The van der Waals surface area contributed by atoms with Gasteiger partial charge in [0.15, 0.2) is 6.29 Å². The monoisotopic (exact) mass is 322 g/mol. The average molecular weight is 322 g/mol. The highest BCUT2D eigenvalue weighted by molar-refractivity contribution is 5.81. The second-order valence-electron chi connectivity index (χ2n) is 4.95. The first kappa shape index (κ1) is 18.5. The van der Waals surface area contributed by atoms with Crippen LogP contribution in [0.15, 0.2) is 24.3 Å². The third-order valence-electron chi connectivity index (χ3n) is 3.31. The number of carbonyl (C=O) groups excluding carboxylic acids is 3. The maximum atomic E-state index is 12.2. The largest absolute Gasteiger partial charge is 0.449 e. The first-order chi connectivity index (χ1) is 10.9. The Balaban J connectivity index is 3.29. The second-order valence-corrected chi connectivity index (χ2v) is 4.95. The molecule has 0 fully saturated rings. The fourth-order valence-corrected chi connectivity index (χ4v) is 2.17. The number of rotatable bonds is 5. The van der Waals surface area contributed by atoms with Crippen molar-refractivity contribution in [2.45, 2.75) is 33.2 Å². The van der Waals surface area contributed by atoms with Crippen LogP contribution < -0.4 is 5.43 Å². The molecule has 7 nitrogen and oxygen atoms in total. The number of amides is 2. The molecule has 0 saturated carbocycles. The number of ether oxygens (including phenoxy) is 2. The Hall–Kier alpha value is -2.57. The molecule has 1 atom stereocenters. The van der Waals surface area contributed by atoms with Crippen molar-refractivity contribution in [1.29, 1.82) is 0 Å². The molecule has 0 bridgehead atoms. The average Bonchev–Trinajstić information content (AvgIpc) is 2.53. The van der Waals surface area contributed by atoms with E-state index in [0.29, 0.717) is 11.8 Å².